The maximum Gasteiger partial charge on any atom is 0.138 e. The minimum Gasteiger partial charge on any atom is -0.381 e. The van der Waals surface area contributed by atoms with Crippen molar-refractivity contribution in [2.75, 3.05) is 19.8 Å². The van der Waals surface area contributed by atoms with E-state index in [4.69, 9.17) is 10.5 Å². The summed E-state index contributed by atoms with van der Waals surface area (Å²) in [6.07, 6.45) is 4.71. The Kier molecular flexibility index (Phi) is 6.30. The molecule has 0 spiro atoms. The van der Waals surface area contributed by atoms with E-state index in [2.05, 4.69) is 20.8 Å². The van der Waals surface area contributed by atoms with Crippen LogP contribution in [-0.4, -0.2) is 25.5 Å². The number of ether oxygens (including phenoxy) is 1. The molecule has 1 aliphatic heterocycles. The highest BCUT2D eigenvalue weighted by molar-refractivity contribution is 5.81. The third-order valence-electron chi connectivity index (χ3n) is 4.09. The number of carbonyl (C=O) groups is 1. The molecule has 0 saturated carbocycles. The number of hydrogen-bond acceptors (Lipinski definition) is 3. The Bertz CT molecular complexity index is 252. The first-order chi connectivity index (χ1) is 8.45. The highest BCUT2D eigenvalue weighted by Gasteiger charge is 2.27. The van der Waals surface area contributed by atoms with Crippen molar-refractivity contribution in [1.29, 1.82) is 0 Å². The van der Waals surface area contributed by atoms with Gasteiger partial charge in [0.05, 0.1) is 6.61 Å². The van der Waals surface area contributed by atoms with E-state index in [9.17, 15) is 4.79 Å². The van der Waals surface area contributed by atoms with Crippen LogP contribution in [0.15, 0.2) is 0 Å². The Labute approximate surface area is 111 Å². The van der Waals surface area contributed by atoms with Crippen LogP contribution in [-0.2, 0) is 9.53 Å². The summed E-state index contributed by atoms with van der Waals surface area (Å²) < 4.78 is 5.38. The van der Waals surface area contributed by atoms with Crippen LogP contribution < -0.4 is 5.73 Å². The van der Waals surface area contributed by atoms with Crippen molar-refractivity contribution in [2.24, 2.45) is 23.0 Å². The maximum absolute atomic E-state index is 12.1. The highest BCUT2D eigenvalue weighted by atomic mass is 16.5. The molecule has 0 aromatic rings. The summed E-state index contributed by atoms with van der Waals surface area (Å²) in [5.74, 6) is 1.08. The van der Waals surface area contributed by atoms with Gasteiger partial charge in [0.2, 0.25) is 0 Å². The summed E-state index contributed by atoms with van der Waals surface area (Å²) in [6.45, 7) is 8.88. The largest absolute Gasteiger partial charge is 0.381 e. The molecule has 0 radical (unpaired) electrons. The second kappa shape index (κ2) is 7.25. The third-order valence-corrected chi connectivity index (χ3v) is 4.09. The van der Waals surface area contributed by atoms with Crippen LogP contribution >= 0.6 is 0 Å². The summed E-state index contributed by atoms with van der Waals surface area (Å²) in [5.41, 5.74) is 5.91. The zero-order valence-corrected chi connectivity index (χ0v) is 12.2. The fraction of sp³-hybridized carbons (Fsp3) is 0.933. The molecule has 3 heteroatoms. The van der Waals surface area contributed by atoms with Crippen molar-refractivity contribution in [3.8, 4) is 0 Å². The number of carbonyl (C=O) groups excluding carboxylic acids is 1. The number of hydrogen-bond donors (Lipinski definition) is 1. The standard InChI is InChI=1S/C15H29NO2/c1-15(2,3)13(8-9-16)6-7-14(17)12-5-4-10-18-11-12/h12-13H,4-11,16H2,1-3H3. The molecule has 2 N–H and O–H groups in total. The van der Waals surface area contributed by atoms with Crippen LogP contribution in [0.25, 0.3) is 0 Å². The lowest BCUT2D eigenvalue weighted by Crippen LogP contribution is -2.28. The van der Waals surface area contributed by atoms with Gasteiger partial charge in [-0.25, -0.2) is 0 Å². The molecule has 1 heterocycles. The molecule has 1 aliphatic rings. The summed E-state index contributed by atoms with van der Waals surface area (Å²) in [7, 11) is 0. The molecule has 0 aliphatic carbocycles. The number of nitrogens with two attached hydrogens (primary N) is 1. The van der Waals surface area contributed by atoms with E-state index in [1.165, 1.54) is 0 Å². The van der Waals surface area contributed by atoms with Crippen LogP contribution in [0.5, 0.6) is 0 Å². The van der Waals surface area contributed by atoms with Crippen molar-refractivity contribution in [3.05, 3.63) is 0 Å². The van der Waals surface area contributed by atoms with Crippen molar-refractivity contribution >= 4 is 5.78 Å². The first-order valence-electron chi connectivity index (χ1n) is 7.25. The van der Waals surface area contributed by atoms with Crippen LogP contribution in [0.2, 0.25) is 0 Å². The van der Waals surface area contributed by atoms with Crippen LogP contribution in [0.4, 0.5) is 0 Å². The highest BCUT2D eigenvalue weighted by Crippen LogP contribution is 2.32. The Morgan fingerprint density at radius 2 is 2.11 bits per heavy atom. The minimum atomic E-state index is 0.150. The Morgan fingerprint density at radius 3 is 2.61 bits per heavy atom. The van der Waals surface area contributed by atoms with E-state index in [1.807, 2.05) is 0 Å². The molecular weight excluding hydrogens is 226 g/mol. The molecule has 0 aromatic carbocycles. The van der Waals surface area contributed by atoms with Crippen LogP contribution in [0.1, 0.15) is 52.9 Å². The fourth-order valence-corrected chi connectivity index (χ4v) is 2.73. The summed E-state index contributed by atoms with van der Waals surface area (Å²) in [4.78, 5) is 12.1. The average Bonchev–Trinajstić information content (AvgIpc) is 2.33. The van der Waals surface area contributed by atoms with Crippen molar-refractivity contribution in [3.63, 3.8) is 0 Å². The first kappa shape index (κ1) is 15.6. The van der Waals surface area contributed by atoms with E-state index >= 15 is 0 Å². The summed E-state index contributed by atoms with van der Waals surface area (Å²) in [6, 6.07) is 0. The van der Waals surface area contributed by atoms with Crippen molar-refractivity contribution in [2.45, 2.75) is 52.9 Å². The van der Waals surface area contributed by atoms with Gasteiger partial charge in [0, 0.05) is 18.9 Å². The molecule has 2 atom stereocenters. The second-order valence-electron chi connectivity index (χ2n) is 6.56. The van der Waals surface area contributed by atoms with Gasteiger partial charge in [-0.05, 0) is 43.6 Å². The zero-order chi connectivity index (χ0) is 13.6. The molecule has 18 heavy (non-hydrogen) atoms. The van der Waals surface area contributed by atoms with Crippen molar-refractivity contribution in [1.82, 2.24) is 0 Å². The van der Waals surface area contributed by atoms with E-state index in [-0.39, 0.29) is 11.3 Å². The predicted molar refractivity (Wildman–Crippen MR) is 74.4 cm³/mol. The third kappa shape index (κ3) is 5.07. The molecular formula is C15H29NO2. The van der Waals surface area contributed by atoms with E-state index < -0.39 is 0 Å². The zero-order valence-electron chi connectivity index (χ0n) is 12.2. The Morgan fingerprint density at radius 1 is 1.39 bits per heavy atom. The van der Waals surface area contributed by atoms with Gasteiger partial charge in [-0.15, -0.1) is 0 Å². The second-order valence-corrected chi connectivity index (χ2v) is 6.56. The SMILES string of the molecule is CC(C)(C)C(CCN)CCC(=O)C1CCCOC1. The number of ketones is 1. The van der Waals surface area contributed by atoms with E-state index in [0.717, 1.165) is 32.3 Å². The summed E-state index contributed by atoms with van der Waals surface area (Å²) in [5, 5.41) is 0. The van der Waals surface area contributed by atoms with Gasteiger partial charge >= 0.3 is 0 Å². The van der Waals surface area contributed by atoms with Crippen LogP contribution in [0.3, 0.4) is 0 Å². The monoisotopic (exact) mass is 255 g/mol. The van der Waals surface area contributed by atoms with Gasteiger partial charge in [-0.2, -0.15) is 0 Å². The molecule has 1 rings (SSSR count). The van der Waals surface area contributed by atoms with E-state index in [0.29, 0.717) is 31.3 Å². The molecule has 0 bridgehead atoms. The lowest BCUT2D eigenvalue weighted by molar-refractivity contribution is -0.127. The molecule has 1 saturated heterocycles. The smallest absolute Gasteiger partial charge is 0.138 e. The number of rotatable bonds is 6. The van der Waals surface area contributed by atoms with E-state index in [1.54, 1.807) is 0 Å². The molecule has 0 amide bonds. The lowest BCUT2D eigenvalue weighted by atomic mass is 9.75. The lowest BCUT2D eigenvalue weighted by Gasteiger charge is -2.31. The molecule has 3 nitrogen and oxygen atoms in total. The first-order valence-corrected chi connectivity index (χ1v) is 7.25. The minimum absolute atomic E-state index is 0.150. The van der Waals surface area contributed by atoms with Gasteiger partial charge in [0.1, 0.15) is 5.78 Å². The number of Topliss-reactive ketones (excluding diaryl/α,β-unsaturated/α-hetero) is 1. The van der Waals surface area contributed by atoms with Crippen molar-refractivity contribution < 1.29 is 9.53 Å². The fourth-order valence-electron chi connectivity index (χ4n) is 2.73. The molecule has 0 aromatic heterocycles. The van der Waals surface area contributed by atoms with Gasteiger partial charge in [0.15, 0.2) is 0 Å². The Balaban J connectivity index is 2.38. The average molecular weight is 255 g/mol. The topological polar surface area (TPSA) is 52.3 Å². The van der Waals surface area contributed by atoms with Crippen LogP contribution in [0, 0.1) is 17.3 Å². The molecule has 1 fully saturated rings. The maximum atomic E-state index is 12.1. The van der Waals surface area contributed by atoms with Gasteiger partial charge in [-0.3, -0.25) is 4.79 Å². The van der Waals surface area contributed by atoms with Gasteiger partial charge in [0.25, 0.3) is 0 Å². The van der Waals surface area contributed by atoms with Gasteiger partial charge in [-0.1, -0.05) is 20.8 Å². The summed E-state index contributed by atoms with van der Waals surface area (Å²) >= 11 is 0. The quantitative estimate of drug-likeness (QED) is 0.794. The molecule has 106 valence electrons. The molecule has 2 unspecified atom stereocenters. The Hall–Kier alpha value is -0.410. The van der Waals surface area contributed by atoms with Gasteiger partial charge < -0.3 is 10.5 Å². The predicted octanol–water partition coefficient (Wildman–Crippen LogP) is 2.77. The normalized spacial score (nSPS) is 22.8.